The van der Waals surface area contributed by atoms with Crippen molar-refractivity contribution in [2.24, 2.45) is 4.99 Å². The molecule has 10 rings (SSSR count). The third-order valence-electron chi connectivity index (χ3n) is 12.5. The fourth-order valence-corrected chi connectivity index (χ4v) is 10.0. The molecule has 56 heavy (non-hydrogen) atoms. The Balaban J connectivity index is 0.00000410. The predicted octanol–water partition coefficient (Wildman–Crippen LogP) is 12.1. The van der Waals surface area contributed by atoms with Crippen molar-refractivity contribution in [3.8, 4) is 28.4 Å². The minimum atomic E-state index is -0.606. The molecule has 0 spiro atoms. The Morgan fingerprint density at radius 3 is 2.11 bits per heavy atom. The number of nitrogens with zero attached hydrogens (tertiary/aromatic N) is 3. The van der Waals surface area contributed by atoms with Gasteiger partial charge in [-0.1, -0.05) is 116 Å². The Hall–Kier alpha value is -4.99. The summed E-state index contributed by atoms with van der Waals surface area (Å²) < 4.78 is 16.2. The summed E-state index contributed by atoms with van der Waals surface area (Å²) >= 11 is 0. The van der Waals surface area contributed by atoms with Gasteiger partial charge in [-0.25, -0.2) is 4.98 Å². The topological polar surface area (TPSA) is 48.6 Å². The van der Waals surface area contributed by atoms with Gasteiger partial charge in [0.15, 0.2) is 0 Å². The van der Waals surface area contributed by atoms with Gasteiger partial charge in [0.05, 0.1) is 0 Å². The molecular formula is C50H45N3O2Pt. The molecule has 282 valence electrons. The van der Waals surface area contributed by atoms with Crippen LogP contribution in [0.2, 0.25) is 0 Å². The van der Waals surface area contributed by atoms with Crippen LogP contribution in [-0.2, 0) is 36.8 Å². The number of rotatable bonds is 3. The summed E-state index contributed by atoms with van der Waals surface area (Å²) in [5.41, 5.74) is 18.9. The molecule has 2 atom stereocenters. The van der Waals surface area contributed by atoms with E-state index >= 15 is 0 Å². The van der Waals surface area contributed by atoms with Gasteiger partial charge >= 0.3 is 21.1 Å². The molecule has 0 amide bonds. The summed E-state index contributed by atoms with van der Waals surface area (Å²) in [5, 5.41) is 2.36. The summed E-state index contributed by atoms with van der Waals surface area (Å²) in [6, 6.07) is 29.8. The molecular weight excluding hydrogens is 870 g/mol. The fraction of sp³-hybridized carbons (Fsp3) is 0.280. The first kappa shape index (κ1) is 36.6. The number of benzene rings is 5. The first-order chi connectivity index (χ1) is 26.1. The maximum Gasteiger partial charge on any atom is 2.00 e. The van der Waals surface area contributed by atoms with Gasteiger partial charge in [-0.3, -0.25) is 4.99 Å². The standard InChI is InChI=1S/C50H45N3O2.Pt/c1-25-15-31(7)43-36(18-25)46-50(11,38-19-26(2)16-32(8)44(38)43)52-48(55-46)33-23-41(29(5)21-28(33)4)54-42-24-40-34(22-30(42)6)35-17-27(3)20-39-45(35)53(40)47-37(49(39,9)10)13-12-14-51-47;/h12-22,46H,1-11H3;/q-2;+2/t46-,50+;/m0./s1. The molecule has 0 saturated carbocycles. The summed E-state index contributed by atoms with van der Waals surface area (Å²) in [7, 11) is 0. The van der Waals surface area contributed by atoms with Crippen LogP contribution >= 0.6 is 0 Å². The first-order valence-corrected chi connectivity index (χ1v) is 19.3. The summed E-state index contributed by atoms with van der Waals surface area (Å²) in [5.74, 6) is 2.84. The number of ether oxygens (including phenoxy) is 2. The second-order valence-electron chi connectivity index (χ2n) is 17.1. The van der Waals surface area contributed by atoms with E-state index in [4.69, 9.17) is 19.5 Å². The van der Waals surface area contributed by atoms with Gasteiger partial charge in [0.25, 0.3) is 0 Å². The number of aromatic nitrogens is 2. The van der Waals surface area contributed by atoms with Crippen molar-refractivity contribution in [1.29, 1.82) is 0 Å². The molecule has 4 heterocycles. The molecule has 5 aromatic carbocycles. The van der Waals surface area contributed by atoms with Crippen LogP contribution in [0.15, 0.2) is 71.9 Å². The monoisotopic (exact) mass is 914 g/mol. The minimum absolute atomic E-state index is 0. The largest absolute Gasteiger partial charge is 2.00 e. The first-order valence-electron chi connectivity index (χ1n) is 19.3. The predicted molar refractivity (Wildman–Crippen MR) is 222 cm³/mol. The van der Waals surface area contributed by atoms with Gasteiger partial charge in [-0.05, 0) is 86.4 Å². The molecule has 0 bridgehead atoms. The van der Waals surface area contributed by atoms with Crippen LogP contribution in [0.4, 0.5) is 0 Å². The Morgan fingerprint density at radius 1 is 0.679 bits per heavy atom. The van der Waals surface area contributed by atoms with Crippen molar-refractivity contribution >= 4 is 27.7 Å². The van der Waals surface area contributed by atoms with Crippen LogP contribution in [0.25, 0.3) is 38.8 Å². The van der Waals surface area contributed by atoms with E-state index in [0.717, 1.165) is 39.0 Å². The molecule has 5 nitrogen and oxygen atoms in total. The van der Waals surface area contributed by atoms with E-state index in [1.54, 1.807) is 0 Å². The molecule has 0 unspecified atom stereocenters. The summed E-state index contributed by atoms with van der Waals surface area (Å²) in [4.78, 5) is 10.4. The van der Waals surface area contributed by atoms with Crippen molar-refractivity contribution in [2.75, 3.05) is 0 Å². The Morgan fingerprint density at radius 2 is 1.34 bits per heavy atom. The SMILES string of the molecule is Cc1cc(C)c2c(c1)[C@@H]1OC(c3[c-]c(Oc4[c-]c5c(cc4C)c4cc(C)cc6c4n5-c4ncccc4C6(C)C)c(C)cc3C)=N[C@]1(C)c1cc(C)cc(C)c1-2.[Pt+2]. The van der Waals surface area contributed by atoms with Crippen molar-refractivity contribution < 1.29 is 30.5 Å². The van der Waals surface area contributed by atoms with Crippen molar-refractivity contribution in [3.63, 3.8) is 0 Å². The quantitative estimate of drug-likeness (QED) is 0.166. The van der Waals surface area contributed by atoms with Crippen molar-refractivity contribution in [2.45, 2.75) is 93.2 Å². The molecule has 0 radical (unpaired) electrons. The number of pyridine rings is 1. The number of aryl methyl sites for hydroxylation is 8. The van der Waals surface area contributed by atoms with Gasteiger partial charge in [0, 0.05) is 39.8 Å². The molecule has 3 aliphatic rings. The van der Waals surface area contributed by atoms with E-state index in [0.29, 0.717) is 17.4 Å². The van der Waals surface area contributed by atoms with Crippen LogP contribution in [-0.4, -0.2) is 15.4 Å². The minimum Gasteiger partial charge on any atom is -0.509 e. The second-order valence-corrected chi connectivity index (χ2v) is 17.1. The van der Waals surface area contributed by atoms with Gasteiger partial charge in [0.2, 0.25) is 0 Å². The van der Waals surface area contributed by atoms with E-state index in [9.17, 15) is 0 Å². The molecule has 1 aliphatic carbocycles. The van der Waals surface area contributed by atoms with Crippen LogP contribution in [0.5, 0.6) is 11.5 Å². The van der Waals surface area contributed by atoms with E-state index < -0.39 is 5.54 Å². The van der Waals surface area contributed by atoms with E-state index in [1.165, 1.54) is 72.1 Å². The smallest absolute Gasteiger partial charge is 0.509 e. The Kier molecular flexibility index (Phi) is 8.02. The maximum absolute atomic E-state index is 7.02. The van der Waals surface area contributed by atoms with Gasteiger partial charge in [-0.2, -0.15) is 6.07 Å². The average molecular weight is 915 g/mol. The maximum atomic E-state index is 7.02. The number of hydrogen-bond acceptors (Lipinski definition) is 4. The third kappa shape index (κ3) is 4.95. The zero-order valence-corrected chi connectivity index (χ0v) is 36.2. The van der Waals surface area contributed by atoms with Gasteiger partial charge < -0.3 is 14.0 Å². The normalized spacial score (nSPS) is 18.4. The van der Waals surface area contributed by atoms with E-state index in [1.807, 2.05) is 12.3 Å². The molecule has 2 aliphatic heterocycles. The van der Waals surface area contributed by atoms with Crippen molar-refractivity contribution in [3.05, 3.63) is 151 Å². The second kappa shape index (κ2) is 12.3. The fourth-order valence-electron chi connectivity index (χ4n) is 10.0. The molecule has 0 N–H and O–H groups in total. The number of aliphatic imine (C=N–C) groups is 1. The van der Waals surface area contributed by atoms with Crippen molar-refractivity contribution in [1.82, 2.24) is 9.55 Å². The van der Waals surface area contributed by atoms with Crippen LogP contribution in [0.1, 0.15) is 99.2 Å². The van der Waals surface area contributed by atoms with E-state index in [-0.39, 0.29) is 32.6 Å². The van der Waals surface area contributed by atoms with Gasteiger partial charge in [-0.15, -0.1) is 28.6 Å². The Bertz CT molecular complexity index is 2910. The molecule has 7 aromatic rings. The third-order valence-corrected chi connectivity index (χ3v) is 12.5. The number of hydrogen-bond donors (Lipinski definition) is 0. The molecule has 0 fully saturated rings. The zero-order valence-electron chi connectivity index (χ0n) is 33.9. The average Bonchev–Trinajstić information content (AvgIpc) is 3.64. The molecule has 2 aromatic heterocycles. The van der Waals surface area contributed by atoms with Crippen LogP contribution < -0.4 is 4.74 Å². The van der Waals surface area contributed by atoms with Crippen LogP contribution in [0, 0.1) is 67.5 Å². The molecule has 0 saturated heterocycles. The zero-order chi connectivity index (χ0) is 38.5. The summed E-state index contributed by atoms with van der Waals surface area (Å²) in [6.45, 7) is 24.1. The van der Waals surface area contributed by atoms with Crippen LogP contribution in [0.3, 0.4) is 0 Å². The molecule has 6 heteroatoms. The number of fused-ring (bicyclic) bond motifs is 11. The van der Waals surface area contributed by atoms with E-state index in [2.05, 4.69) is 147 Å². The Labute approximate surface area is 344 Å². The summed E-state index contributed by atoms with van der Waals surface area (Å²) in [6.07, 6.45) is 1.62. The van der Waals surface area contributed by atoms with Gasteiger partial charge in [0.1, 0.15) is 23.4 Å².